The van der Waals surface area contributed by atoms with Gasteiger partial charge in [0.2, 0.25) is 0 Å². The van der Waals surface area contributed by atoms with Gasteiger partial charge in [0.15, 0.2) is 5.69 Å². The van der Waals surface area contributed by atoms with Gasteiger partial charge in [-0.2, -0.15) is 0 Å². The number of benzene rings is 1. The Bertz CT molecular complexity index is 646. The first-order valence-corrected chi connectivity index (χ1v) is 7.58. The minimum atomic E-state index is -0.233. The van der Waals surface area contributed by atoms with Crippen LogP contribution < -0.4 is 5.32 Å². The monoisotopic (exact) mass is 300 g/mol. The zero-order valence-corrected chi connectivity index (χ0v) is 12.6. The van der Waals surface area contributed by atoms with Gasteiger partial charge in [-0.15, -0.1) is 5.10 Å². The van der Waals surface area contributed by atoms with Crippen molar-refractivity contribution < 1.29 is 9.90 Å². The Morgan fingerprint density at radius 2 is 2.14 bits per heavy atom. The molecule has 0 aliphatic heterocycles. The van der Waals surface area contributed by atoms with Crippen LogP contribution in [0.1, 0.15) is 35.3 Å². The molecule has 1 aromatic heterocycles. The van der Waals surface area contributed by atoms with E-state index >= 15 is 0 Å². The average Bonchev–Trinajstić information content (AvgIpc) is 3.24. The summed E-state index contributed by atoms with van der Waals surface area (Å²) >= 11 is 0. The highest BCUT2D eigenvalue weighted by Gasteiger charge is 2.32. The van der Waals surface area contributed by atoms with Crippen LogP contribution >= 0.6 is 0 Å². The molecule has 3 rings (SSSR count). The smallest absolute Gasteiger partial charge is 0.273 e. The predicted octanol–water partition coefficient (Wildman–Crippen LogP) is 1.47. The molecule has 1 amide bonds. The highest BCUT2D eigenvalue weighted by atomic mass is 16.3. The fraction of sp³-hybridized carbons (Fsp3) is 0.438. The third-order valence-electron chi connectivity index (χ3n) is 3.97. The predicted molar refractivity (Wildman–Crippen MR) is 81.8 cm³/mol. The van der Waals surface area contributed by atoms with Crippen molar-refractivity contribution in [2.45, 2.75) is 32.2 Å². The van der Waals surface area contributed by atoms with Crippen LogP contribution in [-0.2, 0) is 0 Å². The molecule has 0 radical (unpaired) electrons. The number of aryl methyl sites for hydroxylation is 1. The van der Waals surface area contributed by atoms with E-state index in [0.717, 1.165) is 24.1 Å². The standard InChI is InChI=1S/C16H20N4O2/c1-11-2-6-13(7-3-11)20-10-15(18-19-20)16(22)17-14(8-9-21)12-4-5-12/h2-3,6-7,10,12,14,21H,4-5,8-9H2,1H3,(H,17,22). The fourth-order valence-corrected chi connectivity index (χ4v) is 2.50. The molecule has 0 bridgehead atoms. The van der Waals surface area contributed by atoms with Gasteiger partial charge in [0.05, 0.1) is 11.9 Å². The van der Waals surface area contributed by atoms with Crippen molar-refractivity contribution in [2.24, 2.45) is 5.92 Å². The van der Waals surface area contributed by atoms with Crippen molar-refractivity contribution in [2.75, 3.05) is 6.61 Å². The molecule has 1 saturated carbocycles. The van der Waals surface area contributed by atoms with E-state index in [9.17, 15) is 4.79 Å². The van der Waals surface area contributed by atoms with Crippen LogP contribution in [0.15, 0.2) is 30.5 Å². The van der Waals surface area contributed by atoms with E-state index in [1.807, 2.05) is 31.2 Å². The molecular weight excluding hydrogens is 280 g/mol. The first-order valence-electron chi connectivity index (χ1n) is 7.58. The summed E-state index contributed by atoms with van der Waals surface area (Å²) in [6, 6.07) is 7.87. The number of hydrogen-bond donors (Lipinski definition) is 2. The molecule has 2 aromatic rings. The summed E-state index contributed by atoms with van der Waals surface area (Å²) in [6.45, 7) is 2.10. The molecule has 1 aromatic carbocycles. The molecule has 2 N–H and O–H groups in total. The number of rotatable bonds is 6. The van der Waals surface area contributed by atoms with Crippen molar-refractivity contribution in [3.05, 3.63) is 41.7 Å². The molecule has 116 valence electrons. The van der Waals surface area contributed by atoms with E-state index in [-0.39, 0.29) is 18.6 Å². The third kappa shape index (κ3) is 3.33. The van der Waals surface area contributed by atoms with Crippen LogP contribution in [0.4, 0.5) is 0 Å². The summed E-state index contributed by atoms with van der Waals surface area (Å²) in [4.78, 5) is 12.3. The van der Waals surface area contributed by atoms with Crippen LogP contribution in [0.25, 0.3) is 5.69 Å². The molecule has 1 aliphatic rings. The lowest BCUT2D eigenvalue weighted by atomic mass is 10.1. The van der Waals surface area contributed by atoms with Gasteiger partial charge in [0.1, 0.15) is 0 Å². The lowest BCUT2D eigenvalue weighted by Crippen LogP contribution is -2.37. The van der Waals surface area contributed by atoms with Gasteiger partial charge in [0.25, 0.3) is 5.91 Å². The zero-order chi connectivity index (χ0) is 15.5. The second kappa shape index (κ2) is 6.27. The summed E-state index contributed by atoms with van der Waals surface area (Å²) in [6.07, 6.45) is 4.44. The number of nitrogens with one attached hydrogen (secondary N) is 1. The Kier molecular flexibility index (Phi) is 4.20. The van der Waals surface area contributed by atoms with Crippen LogP contribution in [0.5, 0.6) is 0 Å². The van der Waals surface area contributed by atoms with Gasteiger partial charge in [0, 0.05) is 12.6 Å². The number of aromatic nitrogens is 3. The minimum Gasteiger partial charge on any atom is -0.396 e. The maximum Gasteiger partial charge on any atom is 0.273 e. The van der Waals surface area contributed by atoms with Gasteiger partial charge in [-0.3, -0.25) is 4.79 Å². The molecule has 22 heavy (non-hydrogen) atoms. The van der Waals surface area contributed by atoms with Gasteiger partial charge in [-0.05, 0) is 44.2 Å². The van der Waals surface area contributed by atoms with Gasteiger partial charge < -0.3 is 10.4 Å². The summed E-state index contributed by atoms with van der Waals surface area (Å²) < 4.78 is 1.59. The Morgan fingerprint density at radius 3 is 2.77 bits per heavy atom. The summed E-state index contributed by atoms with van der Waals surface area (Å²) in [5.74, 6) is 0.256. The highest BCUT2D eigenvalue weighted by molar-refractivity contribution is 5.92. The second-order valence-corrected chi connectivity index (χ2v) is 5.81. The zero-order valence-electron chi connectivity index (χ0n) is 12.6. The fourth-order valence-electron chi connectivity index (χ4n) is 2.50. The van der Waals surface area contributed by atoms with E-state index in [4.69, 9.17) is 5.11 Å². The summed E-state index contributed by atoms with van der Waals surface area (Å²) in [7, 11) is 0. The number of aliphatic hydroxyl groups is 1. The van der Waals surface area contributed by atoms with Gasteiger partial charge in [-0.25, -0.2) is 4.68 Å². The first kappa shape index (κ1) is 14.7. The molecule has 1 atom stereocenters. The molecule has 1 unspecified atom stereocenters. The third-order valence-corrected chi connectivity index (χ3v) is 3.97. The number of carbonyl (C=O) groups excluding carboxylic acids is 1. The Hall–Kier alpha value is -2.21. The van der Waals surface area contributed by atoms with E-state index in [1.165, 1.54) is 0 Å². The van der Waals surface area contributed by atoms with E-state index in [1.54, 1.807) is 10.9 Å². The lowest BCUT2D eigenvalue weighted by Gasteiger charge is -2.15. The number of nitrogens with zero attached hydrogens (tertiary/aromatic N) is 3. The number of amides is 1. The Labute approximate surface area is 129 Å². The van der Waals surface area contributed by atoms with Crippen LogP contribution in [-0.4, -0.2) is 38.7 Å². The maximum absolute atomic E-state index is 12.3. The molecule has 6 nitrogen and oxygen atoms in total. The van der Waals surface area contributed by atoms with Crippen molar-refractivity contribution in [3.8, 4) is 5.69 Å². The lowest BCUT2D eigenvalue weighted by molar-refractivity contribution is 0.0919. The molecule has 6 heteroatoms. The number of hydrogen-bond acceptors (Lipinski definition) is 4. The normalized spacial score (nSPS) is 15.5. The quantitative estimate of drug-likeness (QED) is 0.846. The van der Waals surface area contributed by atoms with E-state index in [2.05, 4.69) is 15.6 Å². The topological polar surface area (TPSA) is 80.0 Å². The van der Waals surface area contributed by atoms with Crippen LogP contribution in [0.2, 0.25) is 0 Å². The molecule has 1 heterocycles. The molecular formula is C16H20N4O2. The van der Waals surface area contributed by atoms with Crippen molar-refractivity contribution in [3.63, 3.8) is 0 Å². The van der Waals surface area contributed by atoms with Crippen molar-refractivity contribution >= 4 is 5.91 Å². The maximum atomic E-state index is 12.3. The van der Waals surface area contributed by atoms with Crippen molar-refractivity contribution in [1.29, 1.82) is 0 Å². The van der Waals surface area contributed by atoms with Crippen molar-refractivity contribution in [1.82, 2.24) is 20.3 Å². The Balaban J connectivity index is 1.69. The molecule has 1 aliphatic carbocycles. The minimum absolute atomic E-state index is 0.0297. The van der Waals surface area contributed by atoms with Gasteiger partial charge in [-0.1, -0.05) is 22.9 Å². The highest BCUT2D eigenvalue weighted by Crippen LogP contribution is 2.34. The average molecular weight is 300 g/mol. The molecule has 0 saturated heterocycles. The van der Waals surface area contributed by atoms with Crippen LogP contribution in [0.3, 0.4) is 0 Å². The Morgan fingerprint density at radius 1 is 1.41 bits per heavy atom. The molecule has 1 fully saturated rings. The molecule has 0 spiro atoms. The van der Waals surface area contributed by atoms with Crippen LogP contribution in [0, 0.1) is 12.8 Å². The summed E-state index contributed by atoms with van der Waals surface area (Å²) in [5.41, 5.74) is 2.33. The second-order valence-electron chi connectivity index (χ2n) is 5.81. The first-order chi connectivity index (χ1) is 10.7. The number of carbonyl (C=O) groups is 1. The van der Waals surface area contributed by atoms with Gasteiger partial charge >= 0.3 is 0 Å². The number of aliphatic hydroxyl groups excluding tert-OH is 1. The summed E-state index contributed by atoms with van der Waals surface area (Å²) in [5, 5.41) is 20.0. The SMILES string of the molecule is Cc1ccc(-n2cc(C(=O)NC(CCO)C3CC3)nn2)cc1. The van der Waals surface area contributed by atoms with E-state index in [0.29, 0.717) is 18.0 Å². The largest absolute Gasteiger partial charge is 0.396 e. The van der Waals surface area contributed by atoms with E-state index < -0.39 is 0 Å².